The summed E-state index contributed by atoms with van der Waals surface area (Å²) in [7, 11) is 0. The predicted octanol–water partition coefficient (Wildman–Crippen LogP) is 6.76. The van der Waals surface area contributed by atoms with Crippen molar-refractivity contribution in [3.8, 4) is 28.2 Å². The normalized spacial score (nSPS) is 11.2. The van der Waals surface area contributed by atoms with Crippen LogP contribution in [0.5, 0.6) is 5.75 Å². The average molecular weight is 1020 g/mol. The highest BCUT2D eigenvalue weighted by Crippen LogP contribution is 2.46. The molecule has 0 aromatic heterocycles. The minimum absolute atomic E-state index is 0.0191. The standard InChI is InChI=1S/C22H10I5NO6/c23-6-14(29)28-7-1-2-8(9(3-7)22(32)33)15-10-4-12(24)18(30)16(26)20(10)34-21-11(15)5-13(25)19(31)17(21)27/h1-5,30H,6H2,(H,28,29)(H,32,33). The van der Waals surface area contributed by atoms with Gasteiger partial charge in [-0.2, -0.15) is 0 Å². The summed E-state index contributed by atoms with van der Waals surface area (Å²) in [5.74, 6) is -1.06. The second-order valence-electron chi connectivity index (χ2n) is 7.00. The number of hydrogen-bond donors (Lipinski definition) is 3. The molecule has 0 unspecified atom stereocenters. The molecule has 1 amide bonds. The number of aromatic hydroxyl groups is 1. The quantitative estimate of drug-likeness (QED) is 0.118. The van der Waals surface area contributed by atoms with Crippen LogP contribution in [0.15, 0.2) is 39.5 Å². The number of hydrogen-bond acceptors (Lipinski definition) is 5. The molecule has 0 saturated carbocycles. The number of anilines is 1. The molecule has 0 saturated heterocycles. The van der Waals surface area contributed by atoms with Gasteiger partial charge in [-0.3, -0.25) is 9.59 Å². The molecule has 174 valence electrons. The summed E-state index contributed by atoms with van der Waals surface area (Å²) in [6, 6.07) is 8.11. The Hall–Kier alpha value is -0.480. The lowest BCUT2D eigenvalue weighted by molar-refractivity contribution is -0.113. The molecule has 3 N–H and O–H groups in total. The minimum atomic E-state index is -1.17. The van der Waals surface area contributed by atoms with Gasteiger partial charge in [-0.25, -0.2) is 4.79 Å². The number of carbonyl (C=O) groups excluding carboxylic acids is 1. The Morgan fingerprint density at radius 1 is 0.971 bits per heavy atom. The monoisotopic (exact) mass is 1020 g/mol. The van der Waals surface area contributed by atoms with Gasteiger partial charge in [-0.1, -0.05) is 28.7 Å². The van der Waals surface area contributed by atoms with Crippen LogP contribution in [0.2, 0.25) is 0 Å². The van der Waals surface area contributed by atoms with E-state index in [-0.39, 0.29) is 27.1 Å². The van der Waals surface area contributed by atoms with Gasteiger partial charge in [0, 0.05) is 22.2 Å². The molecule has 1 aliphatic carbocycles. The van der Waals surface area contributed by atoms with E-state index in [1.165, 1.54) is 6.07 Å². The van der Waals surface area contributed by atoms with Gasteiger partial charge in [0.25, 0.3) is 0 Å². The lowest BCUT2D eigenvalue weighted by Gasteiger charge is -2.20. The predicted molar refractivity (Wildman–Crippen MR) is 172 cm³/mol. The lowest BCUT2D eigenvalue weighted by Crippen LogP contribution is -2.14. The maximum absolute atomic E-state index is 12.7. The molecule has 1 heterocycles. The number of carboxylic acid groups (broad SMARTS) is 1. The number of fused-ring (bicyclic) bond motifs is 2. The highest BCUT2D eigenvalue weighted by Gasteiger charge is 2.27. The van der Waals surface area contributed by atoms with E-state index in [4.69, 9.17) is 4.42 Å². The Balaban J connectivity index is 2.19. The minimum Gasteiger partial charge on any atom is -0.506 e. The molecular weight excluding hydrogens is 1010 g/mol. The average Bonchev–Trinajstić information content (AvgIpc) is 2.80. The summed E-state index contributed by atoms with van der Waals surface area (Å²) in [5, 5.41) is 23.9. The molecule has 1 aliphatic heterocycles. The van der Waals surface area contributed by atoms with Crippen molar-refractivity contribution in [2.24, 2.45) is 0 Å². The van der Waals surface area contributed by atoms with Crippen LogP contribution in [0.3, 0.4) is 0 Å². The first-order chi connectivity index (χ1) is 16.0. The number of amides is 1. The van der Waals surface area contributed by atoms with Gasteiger partial charge in [-0.05, 0) is 120 Å². The van der Waals surface area contributed by atoms with E-state index in [1.807, 2.05) is 113 Å². The number of benzene rings is 3. The van der Waals surface area contributed by atoms with E-state index in [9.17, 15) is 24.6 Å². The van der Waals surface area contributed by atoms with Crippen LogP contribution in [-0.4, -0.2) is 26.5 Å². The van der Waals surface area contributed by atoms with Crippen LogP contribution < -0.4 is 10.7 Å². The van der Waals surface area contributed by atoms with Crippen molar-refractivity contribution in [1.82, 2.24) is 0 Å². The van der Waals surface area contributed by atoms with Crippen molar-refractivity contribution in [1.29, 1.82) is 0 Å². The third-order valence-electron chi connectivity index (χ3n) is 4.95. The van der Waals surface area contributed by atoms with E-state index >= 15 is 0 Å². The zero-order chi connectivity index (χ0) is 24.9. The van der Waals surface area contributed by atoms with E-state index in [2.05, 4.69) is 5.32 Å². The highest BCUT2D eigenvalue weighted by atomic mass is 127. The molecule has 0 fully saturated rings. The van der Waals surface area contributed by atoms with E-state index < -0.39 is 5.97 Å². The van der Waals surface area contributed by atoms with Crippen LogP contribution in [0.4, 0.5) is 5.69 Å². The lowest BCUT2D eigenvalue weighted by atomic mass is 9.90. The van der Waals surface area contributed by atoms with Gasteiger partial charge in [0.1, 0.15) is 9.32 Å². The summed E-state index contributed by atoms with van der Waals surface area (Å²) in [6.45, 7) is 0. The molecule has 34 heavy (non-hydrogen) atoms. The topological polar surface area (TPSA) is 117 Å². The Kier molecular flexibility index (Phi) is 8.19. The van der Waals surface area contributed by atoms with Crippen molar-refractivity contribution in [2.75, 3.05) is 9.74 Å². The number of phenols is 1. The van der Waals surface area contributed by atoms with Crippen LogP contribution in [0.1, 0.15) is 10.4 Å². The van der Waals surface area contributed by atoms with Gasteiger partial charge >= 0.3 is 5.97 Å². The fourth-order valence-electron chi connectivity index (χ4n) is 3.49. The molecule has 0 atom stereocenters. The molecule has 7 nitrogen and oxygen atoms in total. The van der Waals surface area contributed by atoms with Gasteiger partial charge in [0.2, 0.25) is 11.3 Å². The summed E-state index contributed by atoms with van der Waals surface area (Å²) >= 11 is 9.79. The van der Waals surface area contributed by atoms with Gasteiger partial charge in [0.05, 0.1) is 20.7 Å². The van der Waals surface area contributed by atoms with E-state index in [1.54, 1.807) is 24.3 Å². The van der Waals surface area contributed by atoms with Crippen LogP contribution >= 0.6 is 113 Å². The van der Waals surface area contributed by atoms with Crippen molar-refractivity contribution in [2.45, 2.75) is 0 Å². The number of phenolic OH excluding ortho intramolecular Hbond substituents is 1. The number of carbonyl (C=O) groups is 2. The highest BCUT2D eigenvalue weighted by molar-refractivity contribution is 14.1. The number of halogens is 5. The fraction of sp³-hybridized carbons (Fsp3) is 0.0455. The molecule has 2 aromatic carbocycles. The zero-order valence-corrected chi connectivity index (χ0v) is 27.3. The summed E-state index contributed by atoms with van der Waals surface area (Å²) in [6.07, 6.45) is 0. The van der Waals surface area contributed by atoms with Gasteiger partial charge in [0.15, 0.2) is 11.3 Å². The number of aromatic carboxylic acids is 1. The van der Waals surface area contributed by atoms with Crippen molar-refractivity contribution < 1.29 is 24.2 Å². The molecule has 0 bridgehead atoms. The van der Waals surface area contributed by atoms with E-state index in [0.717, 1.165) is 0 Å². The Bertz CT molecular complexity index is 1550. The maximum atomic E-state index is 12.7. The number of carboxylic acids is 1. The third-order valence-corrected chi connectivity index (χ3v) is 9.24. The molecule has 0 spiro atoms. The smallest absolute Gasteiger partial charge is 0.336 e. The number of nitrogens with one attached hydrogen (secondary N) is 1. The van der Waals surface area contributed by atoms with Gasteiger partial charge < -0.3 is 19.9 Å². The SMILES string of the molecule is O=C(CI)Nc1ccc(-c2c3cc(I)c(=O)c(I)c-3oc3c(I)c(O)c(I)cc23)c(C(=O)O)c1. The first-order valence-electron chi connectivity index (χ1n) is 9.24. The summed E-state index contributed by atoms with van der Waals surface area (Å²) < 4.78 is 8.22. The van der Waals surface area contributed by atoms with Crippen LogP contribution in [0, 0.1) is 14.3 Å². The van der Waals surface area contributed by atoms with Crippen molar-refractivity contribution in [3.05, 3.63) is 60.4 Å². The largest absolute Gasteiger partial charge is 0.506 e. The second-order valence-corrected chi connectivity index (χ2v) is 12.2. The Labute approximate surface area is 260 Å². The Morgan fingerprint density at radius 3 is 2.32 bits per heavy atom. The molecule has 12 heteroatoms. The molecule has 4 rings (SSSR count). The second kappa shape index (κ2) is 10.5. The third kappa shape index (κ3) is 4.76. The van der Waals surface area contributed by atoms with Crippen molar-refractivity contribution in [3.63, 3.8) is 0 Å². The van der Waals surface area contributed by atoms with E-state index in [0.29, 0.717) is 53.4 Å². The number of alkyl halides is 1. The van der Waals surface area contributed by atoms with Crippen molar-refractivity contribution >= 4 is 141 Å². The maximum Gasteiger partial charge on any atom is 0.336 e. The Morgan fingerprint density at radius 2 is 1.68 bits per heavy atom. The van der Waals surface area contributed by atoms with Crippen LogP contribution in [-0.2, 0) is 4.79 Å². The number of rotatable bonds is 4. The molecule has 2 aliphatic rings. The first-order valence-corrected chi connectivity index (χ1v) is 15.1. The molecule has 0 radical (unpaired) electrons. The van der Waals surface area contributed by atoms with Crippen LogP contribution in [0.25, 0.3) is 33.4 Å². The first kappa shape index (κ1) is 26.6. The summed E-state index contributed by atoms with van der Waals surface area (Å²) in [4.78, 5) is 36.8. The molecule has 2 aromatic rings. The molecular formula is C22H10I5NO6. The fourth-order valence-corrected chi connectivity index (χ4v) is 7.26. The zero-order valence-electron chi connectivity index (χ0n) is 16.5. The van der Waals surface area contributed by atoms with Gasteiger partial charge in [-0.15, -0.1) is 0 Å². The summed E-state index contributed by atoms with van der Waals surface area (Å²) in [5.41, 5.74) is 2.03.